The van der Waals surface area contributed by atoms with Crippen LogP contribution in [0.5, 0.6) is 0 Å². The molecule has 1 saturated carbocycles. The van der Waals surface area contributed by atoms with Gasteiger partial charge in [0.15, 0.2) is 5.96 Å². The van der Waals surface area contributed by atoms with Gasteiger partial charge >= 0.3 is 6.18 Å². The van der Waals surface area contributed by atoms with Crippen LogP contribution in [0.2, 0.25) is 0 Å². The second kappa shape index (κ2) is 11.9. The molecule has 1 heterocycles. The normalized spacial score (nSPS) is 21.8. The second-order valence-corrected chi connectivity index (χ2v) is 7.04. The Morgan fingerprint density at radius 2 is 1.85 bits per heavy atom. The minimum absolute atomic E-state index is 0. The number of aliphatic imine (C=N–C) groups is 1. The Morgan fingerprint density at radius 1 is 1.15 bits per heavy atom. The van der Waals surface area contributed by atoms with Crippen molar-refractivity contribution in [2.75, 3.05) is 32.7 Å². The fraction of sp³-hybridized carbons (Fsp3) is 0.882. The average molecular weight is 505 g/mol. The third-order valence-corrected chi connectivity index (χ3v) is 4.69. The van der Waals surface area contributed by atoms with Gasteiger partial charge in [-0.2, -0.15) is 13.2 Å². The van der Waals surface area contributed by atoms with Gasteiger partial charge in [0.2, 0.25) is 5.91 Å². The van der Waals surface area contributed by atoms with Crippen molar-refractivity contribution in [2.24, 2.45) is 4.99 Å². The first-order valence-electron chi connectivity index (χ1n) is 9.49. The van der Waals surface area contributed by atoms with E-state index in [1.165, 1.54) is 17.7 Å². The lowest BCUT2D eigenvalue weighted by Crippen LogP contribution is -2.45. The molecule has 1 atom stereocenters. The summed E-state index contributed by atoms with van der Waals surface area (Å²) >= 11 is 0. The maximum atomic E-state index is 12.5. The van der Waals surface area contributed by atoms with Crippen LogP contribution in [0, 0.1) is 0 Å². The van der Waals surface area contributed by atoms with Crippen LogP contribution in [0.3, 0.4) is 0 Å². The van der Waals surface area contributed by atoms with Gasteiger partial charge in [-0.25, -0.2) is 0 Å². The highest BCUT2D eigenvalue weighted by atomic mass is 127. The Morgan fingerprint density at radius 3 is 2.48 bits per heavy atom. The van der Waals surface area contributed by atoms with Gasteiger partial charge in [-0.3, -0.25) is 14.7 Å². The van der Waals surface area contributed by atoms with Gasteiger partial charge in [0, 0.05) is 38.1 Å². The molecule has 10 heteroatoms. The molecular weight excluding hydrogens is 474 g/mol. The Bertz CT molecular complexity index is 484. The highest BCUT2D eigenvalue weighted by Gasteiger charge is 2.34. The number of likely N-dealkylation sites (tertiary alicyclic amines) is 1. The number of carbonyl (C=O) groups is 1. The standard InChI is InChI=1S/C17H30F3N5O.HI/c1-2-21-16(22-9-7-15(26)23-13-5-3-4-6-13)24-14-8-10-25(11-14)12-17(18,19)20;/h13-14H,2-12H2,1H3,(H,23,26)(H2,21,22,24);1H. The van der Waals surface area contributed by atoms with Crippen LogP contribution in [0.15, 0.2) is 4.99 Å². The van der Waals surface area contributed by atoms with E-state index in [9.17, 15) is 18.0 Å². The van der Waals surface area contributed by atoms with E-state index in [-0.39, 0.29) is 35.9 Å². The minimum Gasteiger partial charge on any atom is -0.357 e. The molecule has 1 saturated heterocycles. The maximum absolute atomic E-state index is 12.5. The van der Waals surface area contributed by atoms with Crippen molar-refractivity contribution in [3.05, 3.63) is 0 Å². The first-order valence-corrected chi connectivity index (χ1v) is 9.49. The molecule has 0 aromatic heterocycles. The summed E-state index contributed by atoms with van der Waals surface area (Å²) in [4.78, 5) is 17.7. The number of nitrogens with zero attached hydrogens (tertiary/aromatic N) is 2. The molecule has 27 heavy (non-hydrogen) atoms. The number of hydrogen-bond acceptors (Lipinski definition) is 3. The number of halogens is 4. The highest BCUT2D eigenvalue weighted by Crippen LogP contribution is 2.20. The van der Waals surface area contributed by atoms with E-state index in [1.54, 1.807) is 0 Å². The molecule has 1 amide bonds. The number of carbonyl (C=O) groups excluding carboxylic acids is 1. The van der Waals surface area contributed by atoms with E-state index in [0.29, 0.717) is 51.0 Å². The van der Waals surface area contributed by atoms with Gasteiger partial charge in [-0.1, -0.05) is 12.8 Å². The first-order chi connectivity index (χ1) is 12.4. The molecule has 2 fully saturated rings. The predicted molar refractivity (Wildman–Crippen MR) is 110 cm³/mol. The van der Waals surface area contributed by atoms with Gasteiger partial charge < -0.3 is 16.0 Å². The lowest BCUT2D eigenvalue weighted by atomic mass is 10.2. The van der Waals surface area contributed by atoms with Crippen molar-refractivity contribution in [3.63, 3.8) is 0 Å². The number of alkyl halides is 3. The van der Waals surface area contributed by atoms with Crippen molar-refractivity contribution in [2.45, 2.75) is 63.7 Å². The van der Waals surface area contributed by atoms with Gasteiger partial charge in [-0.05, 0) is 26.2 Å². The number of amides is 1. The van der Waals surface area contributed by atoms with Crippen molar-refractivity contribution >= 4 is 35.8 Å². The molecule has 1 aliphatic carbocycles. The molecule has 0 aromatic rings. The van der Waals surface area contributed by atoms with Gasteiger partial charge in [0.25, 0.3) is 0 Å². The molecule has 2 aliphatic rings. The zero-order valence-electron chi connectivity index (χ0n) is 15.8. The lowest BCUT2D eigenvalue weighted by Gasteiger charge is -2.19. The molecule has 158 valence electrons. The fourth-order valence-electron chi connectivity index (χ4n) is 3.50. The van der Waals surface area contributed by atoms with Gasteiger partial charge in [0.1, 0.15) is 0 Å². The predicted octanol–water partition coefficient (Wildman–Crippen LogP) is 2.25. The summed E-state index contributed by atoms with van der Waals surface area (Å²) in [6.45, 7) is 2.81. The van der Waals surface area contributed by atoms with E-state index >= 15 is 0 Å². The Kier molecular flexibility index (Phi) is 10.7. The zero-order valence-corrected chi connectivity index (χ0v) is 18.1. The van der Waals surface area contributed by atoms with E-state index in [1.807, 2.05) is 6.92 Å². The van der Waals surface area contributed by atoms with Crippen molar-refractivity contribution in [1.82, 2.24) is 20.9 Å². The van der Waals surface area contributed by atoms with E-state index in [4.69, 9.17) is 0 Å². The van der Waals surface area contributed by atoms with E-state index < -0.39 is 12.7 Å². The third-order valence-electron chi connectivity index (χ3n) is 4.69. The first kappa shape index (κ1) is 24.3. The fourth-order valence-corrected chi connectivity index (χ4v) is 3.50. The molecule has 0 radical (unpaired) electrons. The number of guanidine groups is 1. The van der Waals surface area contributed by atoms with Gasteiger partial charge in [0.05, 0.1) is 13.1 Å². The van der Waals surface area contributed by atoms with Crippen LogP contribution in [0.4, 0.5) is 13.2 Å². The van der Waals surface area contributed by atoms with Crippen LogP contribution in [-0.2, 0) is 4.79 Å². The minimum atomic E-state index is -4.17. The SMILES string of the molecule is CCNC(=NCCC(=O)NC1CCCC1)NC1CCN(CC(F)(F)F)C1.I. The number of rotatable bonds is 7. The van der Waals surface area contributed by atoms with Crippen LogP contribution < -0.4 is 16.0 Å². The molecule has 0 spiro atoms. The summed E-state index contributed by atoms with van der Waals surface area (Å²) < 4.78 is 37.4. The molecule has 1 aliphatic heterocycles. The number of hydrogen-bond donors (Lipinski definition) is 3. The molecule has 2 rings (SSSR count). The quantitative estimate of drug-likeness (QED) is 0.282. The van der Waals surface area contributed by atoms with Gasteiger partial charge in [-0.15, -0.1) is 24.0 Å². The third kappa shape index (κ3) is 9.82. The molecule has 0 bridgehead atoms. The van der Waals surface area contributed by atoms with Crippen molar-refractivity contribution in [3.8, 4) is 0 Å². The monoisotopic (exact) mass is 505 g/mol. The lowest BCUT2D eigenvalue weighted by molar-refractivity contribution is -0.143. The summed E-state index contributed by atoms with van der Waals surface area (Å²) in [7, 11) is 0. The maximum Gasteiger partial charge on any atom is 0.401 e. The largest absolute Gasteiger partial charge is 0.401 e. The topological polar surface area (TPSA) is 68.8 Å². The molecule has 3 N–H and O–H groups in total. The van der Waals surface area contributed by atoms with Crippen LogP contribution in [-0.4, -0.2) is 67.8 Å². The summed E-state index contributed by atoms with van der Waals surface area (Å²) in [6.07, 6.45) is 1.24. The Balaban J connectivity index is 0.00000364. The molecule has 1 unspecified atom stereocenters. The second-order valence-electron chi connectivity index (χ2n) is 7.04. The summed E-state index contributed by atoms with van der Waals surface area (Å²) in [5.41, 5.74) is 0. The number of nitrogens with one attached hydrogen (secondary N) is 3. The van der Waals surface area contributed by atoms with Crippen molar-refractivity contribution < 1.29 is 18.0 Å². The average Bonchev–Trinajstić information content (AvgIpc) is 3.18. The van der Waals surface area contributed by atoms with Crippen molar-refractivity contribution in [1.29, 1.82) is 0 Å². The van der Waals surface area contributed by atoms with Crippen LogP contribution >= 0.6 is 24.0 Å². The molecule has 6 nitrogen and oxygen atoms in total. The summed E-state index contributed by atoms with van der Waals surface area (Å²) in [5.74, 6) is 0.564. The van der Waals surface area contributed by atoms with Crippen LogP contribution in [0.1, 0.15) is 45.4 Å². The summed E-state index contributed by atoms with van der Waals surface area (Å²) in [5, 5.41) is 9.29. The van der Waals surface area contributed by atoms with E-state index in [0.717, 1.165) is 12.8 Å². The zero-order chi connectivity index (χ0) is 19.0. The molecular formula is C17H31F3IN5O. The van der Waals surface area contributed by atoms with Crippen LogP contribution in [0.25, 0.3) is 0 Å². The smallest absolute Gasteiger partial charge is 0.357 e. The summed E-state index contributed by atoms with van der Waals surface area (Å²) in [6, 6.07) is 0.235. The highest BCUT2D eigenvalue weighted by molar-refractivity contribution is 14.0. The Labute approximate surface area is 176 Å². The molecule has 0 aromatic carbocycles. The van der Waals surface area contributed by atoms with E-state index in [2.05, 4.69) is 20.9 Å². The Hall–Kier alpha value is -0.780.